The second-order valence-electron chi connectivity index (χ2n) is 8.10. The summed E-state index contributed by atoms with van der Waals surface area (Å²) in [6.45, 7) is 2.87. The van der Waals surface area contributed by atoms with Gasteiger partial charge in [-0.2, -0.15) is 13.2 Å². The molecule has 150 valence electrons. The largest absolute Gasteiger partial charge is 0.497 e. The maximum atomic E-state index is 13.4. The van der Waals surface area contributed by atoms with Gasteiger partial charge in [-0.25, -0.2) is 0 Å². The normalized spacial score (nSPS) is 26.6. The van der Waals surface area contributed by atoms with E-state index in [4.69, 9.17) is 4.74 Å². The van der Waals surface area contributed by atoms with Crippen molar-refractivity contribution in [3.63, 3.8) is 0 Å². The second-order valence-corrected chi connectivity index (χ2v) is 8.10. The van der Waals surface area contributed by atoms with E-state index in [-0.39, 0.29) is 29.1 Å². The molecule has 1 aromatic carbocycles. The van der Waals surface area contributed by atoms with Crippen LogP contribution in [0.1, 0.15) is 43.7 Å². The molecular weight excluding hydrogens is 359 g/mol. The van der Waals surface area contributed by atoms with Gasteiger partial charge in [-0.05, 0) is 62.6 Å². The molecule has 0 radical (unpaired) electrons. The molecule has 2 fully saturated rings. The zero-order valence-corrected chi connectivity index (χ0v) is 15.7. The summed E-state index contributed by atoms with van der Waals surface area (Å²) >= 11 is 0. The van der Waals surface area contributed by atoms with Gasteiger partial charge in [-0.1, -0.05) is 6.07 Å². The number of amides is 1. The van der Waals surface area contributed by atoms with E-state index in [1.54, 1.807) is 17.9 Å². The Morgan fingerprint density at radius 1 is 1.30 bits per heavy atom. The van der Waals surface area contributed by atoms with E-state index in [0.717, 1.165) is 6.07 Å². The number of carbonyl (C=O) groups excluding carboxylic acids is 1. The SMILES string of the molecule is COc1ccc(CC2CCN(C(=O)C3CC(C)(O)C3)CC2)c(C(F)(F)F)c1. The van der Waals surface area contributed by atoms with Gasteiger partial charge >= 0.3 is 6.18 Å². The van der Waals surface area contributed by atoms with Crippen molar-refractivity contribution in [2.75, 3.05) is 20.2 Å². The molecule has 1 N–H and O–H groups in total. The Bertz CT molecular complexity index is 686. The van der Waals surface area contributed by atoms with Crippen molar-refractivity contribution >= 4 is 5.91 Å². The van der Waals surface area contributed by atoms with Crippen LogP contribution in [0, 0.1) is 11.8 Å². The Hall–Kier alpha value is -1.76. The van der Waals surface area contributed by atoms with Gasteiger partial charge in [-0.3, -0.25) is 4.79 Å². The van der Waals surface area contributed by atoms with E-state index < -0.39 is 17.3 Å². The van der Waals surface area contributed by atoms with Crippen LogP contribution >= 0.6 is 0 Å². The third kappa shape index (κ3) is 4.57. The molecule has 1 aliphatic heterocycles. The topological polar surface area (TPSA) is 49.8 Å². The summed E-state index contributed by atoms with van der Waals surface area (Å²) < 4.78 is 45.0. The first kappa shape index (κ1) is 20.0. The lowest BCUT2D eigenvalue weighted by molar-refractivity contribution is -0.151. The van der Waals surface area contributed by atoms with Crippen LogP contribution in [0.25, 0.3) is 0 Å². The van der Waals surface area contributed by atoms with Crippen molar-refractivity contribution in [2.24, 2.45) is 11.8 Å². The van der Waals surface area contributed by atoms with Crippen LogP contribution < -0.4 is 4.74 Å². The molecule has 0 aromatic heterocycles. The number of rotatable bonds is 4. The van der Waals surface area contributed by atoms with E-state index in [0.29, 0.717) is 45.2 Å². The predicted octanol–water partition coefficient (Wildman–Crippen LogP) is 3.66. The Labute approximate surface area is 157 Å². The fourth-order valence-corrected chi connectivity index (χ4v) is 4.23. The summed E-state index contributed by atoms with van der Waals surface area (Å²) in [6, 6.07) is 4.11. The van der Waals surface area contributed by atoms with E-state index in [1.165, 1.54) is 13.2 Å². The average Bonchev–Trinajstić information content (AvgIpc) is 2.59. The zero-order chi connectivity index (χ0) is 19.8. The van der Waals surface area contributed by atoms with Gasteiger partial charge in [-0.15, -0.1) is 0 Å². The highest BCUT2D eigenvalue weighted by Gasteiger charge is 2.44. The van der Waals surface area contributed by atoms with Gasteiger partial charge < -0.3 is 14.7 Å². The molecular formula is C20H26F3NO3. The van der Waals surface area contributed by atoms with Crippen LogP contribution in [0.4, 0.5) is 13.2 Å². The first-order valence-corrected chi connectivity index (χ1v) is 9.34. The molecule has 4 nitrogen and oxygen atoms in total. The summed E-state index contributed by atoms with van der Waals surface area (Å²) in [5, 5.41) is 9.79. The molecule has 1 amide bonds. The lowest BCUT2D eigenvalue weighted by Gasteiger charge is -2.43. The van der Waals surface area contributed by atoms with Crippen LogP contribution in [-0.4, -0.2) is 41.7 Å². The molecule has 1 saturated heterocycles. The standard InChI is InChI=1S/C20H26F3NO3/c1-19(26)11-15(12-19)18(25)24-7-5-13(6-8-24)9-14-3-4-16(27-2)10-17(14)20(21,22)23/h3-4,10,13,15,26H,5-9,11-12H2,1-2H3. The lowest BCUT2D eigenvalue weighted by Crippen LogP contribution is -2.51. The van der Waals surface area contributed by atoms with Crippen LogP contribution in [0.3, 0.4) is 0 Å². The predicted molar refractivity (Wildman–Crippen MR) is 94.4 cm³/mol. The van der Waals surface area contributed by atoms with Crippen LogP contribution in [0.2, 0.25) is 0 Å². The molecule has 0 atom stereocenters. The Morgan fingerprint density at radius 3 is 2.44 bits per heavy atom. The highest BCUT2D eigenvalue weighted by atomic mass is 19.4. The van der Waals surface area contributed by atoms with Crippen LogP contribution in [0.5, 0.6) is 5.75 Å². The number of likely N-dealkylation sites (tertiary alicyclic amines) is 1. The smallest absolute Gasteiger partial charge is 0.416 e. The highest BCUT2D eigenvalue weighted by Crippen LogP contribution is 2.40. The van der Waals surface area contributed by atoms with Crippen LogP contribution in [-0.2, 0) is 17.4 Å². The van der Waals surface area contributed by atoms with Gasteiger partial charge in [0.05, 0.1) is 18.3 Å². The Balaban J connectivity index is 1.59. The summed E-state index contributed by atoms with van der Waals surface area (Å²) in [7, 11) is 1.35. The fourth-order valence-electron chi connectivity index (χ4n) is 4.23. The van der Waals surface area contributed by atoms with Gasteiger partial charge in [0, 0.05) is 19.0 Å². The highest BCUT2D eigenvalue weighted by molar-refractivity contribution is 5.80. The number of ether oxygens (including phenoxy) is 1. The van der Waals surface area contributed by atoms with E-state index >= 15 is 0 Å². The first-order valence-electron chi connectivity index (χ1n) is 9.34. The number of aliphatic hydroxyl groups is 1. The van der Waals surface area contributed by atoms with Crippen molar-refractivity contribution in [1.29, 1.82) is 0 Å². The molecule has 1 aliphatic carbocycles. The molecule has 7 heteroatoms. The minimum Gasteiger partial charge on any atom is -0.497 e. The average molecular weight is 385 g/mol. The number of benzene rings is 1. The molecule has 1 heterocycles. The molecule has 27 heavy (non-hydrogen) atoms. The lowest BCUT2D eigenvalue weighted by atomic mass is 9.71. The summed E-state index contributed by atoms with van der Waals surface area (Å²) in [5.41, 5.74) is -1.10. The molecule has 0 spiro atoms. The number of alkyl halides is 3. The monoisotopic (exact) mass is 385 g/mol. The van der Waals surface area contributed by atoms with Gasteiger partial charge in [0.2, 0.25) is 5.91 Å². The van der Waals surface area contributed by atoms with E-state index in [2.05, 4.69) is 0 Å². The molecule has 1 aromatic rings. The number of piperidine rings is 1. The summed E-state index contributed by atoms with van der Waals surface area (Å²) in [5.74, 6) is 0.270. The third-order valence-electron chi connectivity index (χ3n) is 5.78. The third-order valence-corrected chi connectivity index (χ3v) is 5.78. The maximum Gasteiger partial charge on any atom is 0.416 e. The minimum atomic E-state index is -4.41. The number of halogens is 3. The molecule has 0 bridgehead atoms. The van der Waals surface area contributed by atoms with Gasteiger partial charge in [0.15, 0.2) is 0 Å². The fraction of sp³-hybridized carbons (Fsp3) is 0.650. The number of hydrogen-bond donors (Lipinski definition) is 1. The number of methoxy groups -OCH3 is 1. The van der Waals surface area contributed by atoms with Crippen molar-refractivity contribution in [2.45, 2.75) is 50.8 Å². The van der Waals surface area contributed by atoms with Crippen molar-refractivity contribution in [3.8, 4) is 5.75 Å². The molecule has 0 unspecified atom stereocenters. The Kier molecular flexibility index (Phi) is 5.43. The molecule has 3 rings (SSSR count). The van der Waals surface area contributed by atoms with Crippen molar-refractivity contribution in [1.82, 2.24) is 4.90 Å². The van der Waals surface area contributed by atoms with Crippen molar-refractivity contribution < 1.29 is 27.8 Å². The second kappa shape index (κ2) is 7.34. The summed E-state index contributed by atoms with van der Waals surface area (Å²) in [4.78, 5) is 14.2. The molecule has 2 aliphatic rings. The maximum absolute atomic E-state index is 13.4. The summed E-state index contributed by atoms with van der Waals surface area (Å²) in [6.07, 6.45) is -1.70. The van der Waals surface area contributed by atoms with Gasteiger partial charge in [0.1, 0.15) is 5.75 Å². The van der Waals surface area contributed by atoms with Crippen molar-refractivity contribution in [3.05, 3.63) is 29.3 Å². The number of hydrogen-bond acceptors (Lipinski definition) is 3. The van der Waals surface area contributed by atoms with Gasteiger partial charge in [0.25, 0.3) is 0 Å². The number of nitrogens with zero attached hydrogens (tertiary/aromatic N) is 1. The van der Waals surface area contributed by atoms with E-state index in [9.17, 15) is 23.1 Å². The first-order chi connectivity index (χ1) is 12.6. The quantitative estimate of drug-likeness (QED) is 0.861. The minimum absolute atomic E-state index is 0.0698. The zero-order valence-electron chi connectivity index (χ0n) is 15.7. The molecule has 1 saturated carbocycles. The number of carbonyl (C=O) groups is 1. The Morgan fingerprint density at radius 2 is 1.93 bits per heavy atom. The van der Waals surface area contributed by atoms with E-state index in [1.807, 2.05) is 0 Å². The van der Waals surface area contributed by atoms with Crippen LogP contribution in [0.15, 0.2) is 18.2 Å².